The van der Waals surface area contributed by atoms with Crippen LogP contribution in [0.4, 0.5) is 5.95 Å². The largest absolute Gasteiger partial charge is 0.292 e. The van der Waals surface area contributed by atoms with Gasteiger partial charge in [-0.05, 0) is 18.8 Å². The van der Waals surface area contributed by atoms with Crippen LogP contribution < -0.4 is 16.0 Å². The molecule has 0 atom stereocenters. The second-order valence-electron chi connectivity index (χ2n) is 3.68. The fourth-order valence-corrected chi connectivity index (χ4v) is 2.17. The van der Waals surface area contributed by atoms with Crippen LogP contribution in [0.5, 0.6) is 0 Å². The molecule has 8 heteroatoms. The lowest BCUT2D eigenvalue weighted by Gasteiger charge is -2.05. The highest BCUT2D eigenvalue weighted by atomic mass is 32.2. The molecular formula is C8H13N5O2S. The quantitative estimate of drug-likeness (QED) is 0.473. The van der Waals surface area contributed by atoms with Gasteiger partial charge in [-0.1, -0.05) is 0 Å². The van der Waals surface area contributed by atoms with Gasteiger partial charge in [0.05, 0.1) is 12.4 Å². The van der Waals surface area contributed by atoms with Crippen molar-refractivity contribution in [1.29, 1.82) is 0 Å². The molecule has 1 aromatic heterocycles. The molecule has 0 aromatic carbocycles. The number of rotatable bonds is 5. The Balaban J connectivity index is 2.07. The second kappa shape index (κ2) is 4.32. The van der Waals surface area contributed by atoms with Gasteiger partial charge in [0, 0.05) is 6.54 Å². The van der Waals surface area contributed by atoms with Crippen LogP contribution in [0.15, 0.2) is 17.3 Å². The van der Waals surface area contributed by atoms with E-state index < -0.39 is 10.0 Å². The zero-order valence-electron chi connectivity index (χ0n) is 8.55. The Bertz CT molecular complexity index is 454. The first-order chi connectivity index (χ1) is 7.62. The van der Waals surface area contributed by atoms with E-state index in [4.69, 9.17) is 5.84 Å². The number of nitrogens with two attached hydrogens (primary N) is 1. The van der Waals surface area contributed by atoms with Crippen molar-refractivity contribution in [1.82, 2.24) is 14.7 Å². The highest BCUT2D eigenvalue weighted by molar-refractivity contribution is 7.89. The average molecular weight is 243 g/mol. The van der Waals surface area contributed by atoms with Crippen molar-refractivity contribution >= 4 is 16.0 Å². The molecule has 1 aliphatic rings. The molecule has 1 aliphatic carbocycles. The van der Waals surface area contributed by atoms with Crippen LogP contribution in [0.3, 0.4) is 0 Å². The van der Waals surface area contributed by atoms with E-state index in [1.165, 1.54) is 12.4 Å². The number of aromatic nitrogens is 2. The first-order valence-corrected chi connectivity index (χ1v) is 6.38. The number of hydrogen-bond donors (Lipinski definition) is 3. The van der Waals surface area contributed by atoms with Crippen molar-refractivity contribution in [2.75, 3.05) is 12.0 Å². The summed E-state index contributed by atoms with van der Waals surface area (Å²) < 4.78 is 26.0. The predicted molar refractivity (Wildman–Crippen MR) is 57.8 cm³/mol. The first-order valence-electron chi connectivity index (χ1n) is 4.90. The van der Waals surface area contributed by atoms with Gasteiger partial charge < -0.3 is 0 Å². The molecule has 0 bridgehead atoms. The van der Waals surface area contributed by atoms with Crippen molar-refractivity contribution in [3.05, 3.63) is 12.4 Å². The molecule has 1 saturated carbocycles. The van der Waals surface area contributed by atoms with E-state index in [0.717, 1.165) is 12.8 Å². The fourth-order valence-electron chi connectivity index (χ4n) is 1.16. The fraction of sp³-hybridized carbons (Fsp3) is 0.500. The van der Waals surface area contributed by atoms with Gasteiger partial charge in [-0.15, -0.1) is 0 Å². The Kier molecular flexibility index (Phi) is 3.03. The van der Waals surface area contributed by atoms with Gasteiger partial charge in [-0.2, -0.15) is 0 Å². The Morgan fingerprint density at radius 3 is 2.50 bits per heavy atom. The molecule has 2 rings (SSSR count). The number of sulfonamides is 1. The number of nitrogen functional groups attached to an aromatic ring is 1. The van der Waals surface area contributed by atoms with Crippen LogP contribution in [-0.4, -0.2) is 24.9 Å². The minimum Gasteiger partial charge on any atom is -0.292 e. The maximum atomic E-state index is 11.7. The SMILES string of the molecule is NNc1ncc(S(=O)(=O)NCC2CC2)cn1. The van der Waals surface area contributed by atoms with Crippen molar-refractivity contribution in [2.45, 2.75) is 17.7 Å². The standard InChI is InChI=1S/C8H13N5O2S/c9-13-8-10-4-7(5-11-8)16(14,15)12-3-6-1-2-6/h4-6,12H,1-3,9H2,(H,10,11,13). The molecule has 1 fully saturated rings. The number of anilines is 1. The van der Waals surface area contributed by atoms with Gasteiger partial charge in [-0.25, -0.2) is 29.0 Å². The molecular weight excluding hydrogens is 230 g/mol. The molecule has 1 aromatic rings. The molecule has 0 saturated heterocycles. The van der Waals surface area contributed by atoms with Gasteiger partial charge in [-0.3, -0.25) is 5.43 Å². The molecule has 0 radical (unpaired) electrons. The minimum atomic E-state index is -3.48. The van der Waals surface area contributed by atoms with E-state index in [1.807, 2.05) is 0 Å². The molecule has 1 heterocycles. The Morgan fingerprint density at radius 1 is 1.38 bits per heavy atom. The maximum Gasteiger partial charge on any atom is 0.243 e. The Morgan fingerprint density at radius 2 is 2.00 bits per heavy atom. The summed E-state index contributed by atoms with van der Waals surface area (Å²) in [5.41, 5.74) is 2.23. The third-order valence-corrected chi connectivity index (χ3v) is 3.70. The van der Waals surface area contributed by atoms with Crippen molar-refractivity contribution in [3.63, 3.8) is 0 Å². The summed E-state index contributed by atoms with van der Waals surface area (Å²) in [6.07, 6.45) is 4.62. The monoisotopic (exact) mass is 243 g/mol. The van der Waals surface area contributed by atoms with E-state index >= 15 is 0 Å². The zero-order valence-corrected chi connectivity index (χ0v) is 9.37. The second-order valence-corrected chi connectivity index (χ2v) is 5.45. The van der Waals surface area contributed by atoms with Crippen LogP contribution in [-0.2, 0) is 10.0 Å². The number of hydrogen-bond acceptors (Lipinski definition) is 6. The van der Waals surface area contributed by atoms with Crippen molar-refractivity contribution in [2.24, 2.45) is 11.8 Å². The topological polar surface area (TPSA) is 110 Å². The minimum absolute atomic E-state index is 0.0483. The summed E-state index contributed by atoms with van der Waals surface area (Å²) in [4.78, 5) is 7.53. The zero-order chi connectivity index (χ0) is 11.6. The average Bonchev–Trinajstić information content (AvgIpc) is 3.10. The summed E-state index contributed by atoms with van der Waals surface area (Å²) in [7, 11) is -3.48. The molecule has 0 unspecified atom stereocenters. The van der Waals surface area contributed by atoms with Crippen molar-refractivity contribution in [3.8, 4) is 0 Å². The normalized spacial score (nSPS) is 16.1. The molecule has 88 valence electrons. The first kappa shape index (κ1) is 11.2. The van der Waals surface area contributed by atoms with E-state index in [9.17, 15) is 8.42 Å². The molecule has 0 amide bonds. The molecule has 0 spiro atoms. The van der Waals surface area contributed by atoms with Crippen LogP contribution in [0.2, 0.25) is 0 Å². The van der Waals surface area contributed by atoms with E-state index in [2.05, 4.69) is 20.1 Å². The van der Waals surface area contributed by atoms with E-state index in [0.29, 0.717) is 12.5 Å². The van der Waals surface area contributed by atoms with Crippen LogP contribution in [0.1, 0.15) is 12.8 Å². The maximum absolute atomic E-state index is 11.7. The van der Waals surface area contributed by atoms with E-state index in [-0.39, 0.29) is 10.8 Å². The number of hydrazine groups is 1. The summed E-state index contributed by atoms with van der Waals surface area (Å²) in [5.74, 6) is 5.74. The third-order valence-electron chi connectivity index (χ3n) is 2.33. The smallest absolute Gasteiger partial charge is 0.243 e. The van der Waals surface area contributed by atoms with Gasteiger partial charge in [0.15, 0.2) is 0 Å². The van der Waals surface area contributed by atoms with Gasteiger partial charge >= 0.3 is 0 Å². The molecule has 4 N–H and O–H groups in total. The van der Waals surface area contributed by atoms with Crippen LogP contribution in [0.25, 0.3) is 0 Å². The van der Waals surface area contributed by atoms with Gasteiger partial charge in [0.25, 0.3) is 0 Å². The number of nitrogens with zero attached hydrogens (tertiary/aromatic N) is 2. The van der Waals surface area contributed by atoms with Crippen LogP contribution in [0, 0.1) is 5.92 Å². The third kappa shape index (κ3) is 2.65. The summed E-state index contributed by atoms with van der Waals surface area (Å²) >= 11 is 0. The Hall–Kier alpha value is -1.25. The summed E-state index contributed by atoms with van der Waals surface area (Å²) in [6.45, 7) is 0.485. The predicted octanol–water partition coefficient (Wildman–Crippen LogP) is -0.550. The molecule has 16 heavy (non-hydrogen) atoms. The van der Waals surface area contributed by atoms with Crippen molar-refractivity contribution < 1.29 is 8.42 Å². The summed E-state index contributed by atoms with van der Waals surface area (Å²) in [5, 5.41) is 0. The highest BCUT2D eigenvalue weighted by Gasteiger charge is 2.24. The van der Waals surface area contributed by atoms with E-state index in [1.54, 1.807) is 0 Å². The lowest BCUT2D eigenvalue weighted by Crippen LogP contribution is -2.26. The highest BCUT2D eigenvalue weighted by Crippen LogP contribution is 2.28. The Labute approximate surface area is 93.5 Å². The number of nitrogens with one attached hydrogen (secondary N) is 2. The van der Waals surface area contributed by atoms with Gasteiger partial charge in [0.2, 0.25) is 16.0 Å². The summed E-state index contributed by atoms with van der Waals surface area (Å²) in [6, 6.07) is 0. The molecule has 0 aliphatic heterocycles. The van der Waals surface area contributed by atoms with Crippen LogP contribution >= 0.6 is 0 Å². The van der Waals surface area contributed by atoms with Gasteiger partial charge in [0.1, 0.15) is 4.90 Å². The lowest BCUT2D eigenvalue weighted by molar-refractivity contribution is 0.576. The molecule has 7 nitrogen and oxygen atoms in total. The lowest BCUT2D eigenvalue weighted by atomic mass is 10.4.